The molecule has 0 amide bonds. The van der Waals surface area contributed by atoms with E-state index in [0.717, 1.165) is 15.7 Å². The molecule has 0 heterocycles. The fourth-order valence-electron chi connectivity index (χ4n) is 2.17. The molecule has 0 N–H and O–H groups in total. The molecule has 0 aromatic heterocycles. The number of azo groups is 1. The molecular weight excluding hydrogens is 470 g/mol. The van der Waals surface area contributed by atoms with Crippen LogP contribution in [0.1, 0.15) is 0 Å². The average molecular weight is 485 g/mol. The molecule has 2 rings (SSSR count). The summed E-state index contributed by atoms with van der Waals surface area (Å²) >= 11 is -3.09. The van der Waals surface area contributed by atoms with Gasteiger partial charge >= 0.3 is 157 Å². The Kier molecular flexibility index (Phi) is 6.13. The van der Waals surface area contributed by atoms with Crippen LogP contribution in [0.5, 0.6) is 5.75 Å². The van der Waals surface area contributed by atoms with Crippen molar-refractivity contribution < 1.29 is 14.6 Å². The molecule has 0 unspecified atom stereocenters. The summed E-state index contributed by atoms with van der Waals surface area (Å²) in [7, 11) is 8.12. The maximum absolute atomic E-state index is 11.2. The van der Waals surface area contributed by atoms with E-state index >= 15 is 0 Å². The zero-order chi connectivity index (χ0) is 19.5. The summed E-state index contributed by atoms with van der Waals surface area (Å²) in [5.74, 6) is 0.630. The molecule has 0 aliphatic carbocycles. The standard InChI is InChI=1S/C13H9N4O5.2CH3.ClH.Sn/c1-22-11-5-2-9(3-6-11)14-15-12-7-4-10(16(18)19)8-13(12)17(20)21;;;;/h2,4-8H,1H3;2*1H3;1H;/q;;;;+1/p-1. The molecule has 0 aliphatic rings. The summed E-state index contributed by atoms with van der Waals surface area (Å²) in [4.78, 5) is 24.5. The van der Waals surface area contributed by atoms with E-state index in [1.807, 2.05) is 9.88 Å². The minimum atomic E-state index is -3.09. The van der Waals surface area contributed by atoms with E-state index in [4.69, 9.17) is 13.7 Å². The Hall–Kier alpha value is -2.27. The number of hydrogen-bond acceptors (Lipinski definition) is 7. The average Bonchev–Trinajstić information content (AvgIpc) is 2.58. The van der Waals surface area contributed by atoms with Gasteiger partial charge < -0.3 is 0 Å². The Bertz CT molecular complexity index is 898. The molecule has 0 atom stereocenters. The number of methoxy groups -OCH3 is 1. The van der Waals surface area contributed by atoms with Crippen molar-refractivity contribution in [3.63, 3.8) is 0 Å². The number of halogens is 1. The molecule has 0 saturated heterocycles. The summed E-state index contributed by atoms with van der Waals surface area (Å²) in [5.41, 5.74) is -0.468. The Morgan fingerprint density at radius 2 is 1.62 bits per heavy atom. The predicted molar refractivity (Wildman–Crippen MR) is 99.9 cm³/mol. The molecule has 26 heavy (non-hydrogen) atoms. The SMILES string of the molecule is COc1ccc(N=Nc2ccc([N+](=O)[O-])cc2[N+](=O)[O-])[c]([Sn]([CH3])([CH3])[Cl])c1. The van der Waals surface area contributed by atoms with Gasteiger partial charge in [-0.25, -0.2) is 0 Å². The van der Waals surface area contributed by atoms with Gasteiger partial charge in [0.1, 0.15) is 0 Å². The van der Waals surface area contributed by atoms with E-state index in [9.17, 15) is 20.2 Å². The molecule has 9 nitrogen and oxygen atoms in total. The summed E-state index contributed by atoms with van der Waals surface area (Å²) in [6.07, 6.45) is 0. The molecule has 136 valence electrons. The van der Waals surface area contributed by atoms with E-state index in [1.54, 1.807) is 18.2 Å². The summed E-state index contributed by atoms with van der Waals surface area (Å²) in [5, 5.41) is 30.0. The van der Waals surface area contributed by atoms with Crippen LogP contribution in [0.2, 0.25) is 9.88 Å². The van der Waals surface area contributed by atoms with E-state index in [0.29, 0.717) is 11.4 Å². The van der Waals surface area contributed by atoms with Gasteiger partial charge in [0, 0.05) is 0 Å². The summed E-state index contributed by atoms with van der Waals surface area (Å²) in [6, 6.07) is 8.35. The van der Waals surface area contributed by atoms with Crippen molar-refractivity contribution in [2.24, 2.45) is 10.2 Å². The molecule has 2 aromatic rings. The quantitative estimate of drug-likeness (QED) is 0.257. The molecule has 2 aromatic carbocycles. The first-order valence-electron chi connectivity index (χ1n) is 7.35. The number of rotatable bonds is 6. The van der Waals surface area contributed by atoms with Crippen LogP contribution in [-0.2, 0) is 0 Å². The van der Waals surface area contributed by atoms with Crippen LogP contribution in [0.25, 0.3) is 0 Å². The van der Waals surface area contributed by atoms with Crippen molar-refractivity contribution in [3.8, 4) is 5.75 Å². The van der Waals surface area contributed by atoms with Gasteiger partial charge in [0.25, 0.3) is 0 Å². The third kappa shape index (κ3) is 4.67. The molecule has 0 saturated carbocycles. The zero-order valence-corrected chi connectivity index (χ0v) is 17.8. The van der Waals surface area contributed by atoms with Crippen LogP contribution in [-0.4, -0.2) is 34.2 Å². The first-order valence-corrected chi connectivity index (χ1v) is 18.1. The Labute approximate surface area is 156 Å². The number of benzene rings is 2. The second kappa shape index (κ2) is 7.95. The van der Waals surface area contributed by atoms with Gasteiger partial charge in [-0.1, -0.05) is 0 Å². The molecule has 0 bridgehead atoms. The fraction of sp³-hybridized carbons (Fsp3) is 0.200. The van der Waals surface area contributed by atoms with Gasteiger partial charge in [-0.05, 0) is 0 Å². The van der Waals surface area contributed by atoms with E-state index < -0.39 is 32.8 Å². The van der Waals surface area contributed by atoms with Crippen LogP contribution in [0.15, 0.2) is 46.6 Å². The van der Waals surface area contributed by atoms with Crippen molar-refractivity contribution in [2.45, 2.75) is 9.88 Å². The van der Waals surface area contributed by atoms with Crippen molar-refractivity contribution >= 4 is 52.5 Å². The second-order valence-electron chi connectivity index (χ2n) is 5.74. The molecular formula is C15H15ClN4O5Sn. The Balaban J connectivity index is 2.51. The first-order chi connectivity index (χ1) is 12.1. The third-order valence-electron chi connectivity index (χ3n) is 3.48. The number of nitrogens with zero attached hydrogens (tertiary/aromatic N) is 4. The van der Waals surface area contributed by atoms with Crippen LogP contribution in [0, 0.1) is 20.2 Å². The number of ether oxygens (including phenoxy) is 1. The van der Waals surface area contributed by atoms with Crippen molar-refractivity contribution in [1.82, 2.24) is 0 Å². The summed E-state index contributed by atoms with van der Waals surface area (Å²) < 4.78 is 6.03. The van der Waals surface area contributed by atoms with E-state index in [2.05, 4.69) is 10.2 Å². The molecule has 0 aliphatic heterocycles. The van der Waals surface area contributed by atoms with Gasteiger partial charge in [0.05, 0.1) is 0 Å². The Morgan fingerprint density at radius 3 is 2.15 bits per heavy atom. The topological polar surface area (TPSA) is 120 Å². The van der Waals surface area contributed by atoms with Gasteiger partial charge in [-0.15, -0.1) is 0 Å². The summed E-state index contributed by atoms with van der Waals surface area (Å²) in [6.45, 7) is 0. The number of nitro groups is 2. The molecule has 0 fully saturated rings. The first kappa shape index (κ1) is 20.0. The molecule has 0 radical (unpaired) electrons. The van der Waals surface area contributed by atoms with Gasteiger partial charge in [0.15, 0.2) is 0 Å². The van der Waals surface area contributed by atoms with E-state index in [1.165, 1.54) is 13.2 Å². The maximum atomic E-state index is 11.2. The van der Waals surface area contributed by atoms with Gasteiger partial charge in [-0.3, -0.25) is 0 Å². The number of hydrogen-bond donors (Lipinski definition) is 0. The van der Waals surface area contributed by atoms with Crippen LogP contribution >= 0.6 is 8.92 Å². The number of non-ortho nitro benzene ring substituents is 1. The van der Waals surface area contributed by atoms with Crippen LogP contribution < -0.4 is 8.32 Å². The van der Waals surface area contributed by atoms with Crippen LogP contribution in [0.3, 0.4) is 0 Å². The van der Waals surface area contributed by atoms with Crippen LogP contribution in [0.4, 0.5) is 22.7 Å². The third-order valence-corrected chi connectivity index (χ3v) is 9.64. The van der Waals surface area contributed by atoms with Gasteiger partial charge in [0.2, 0.25) is 0 Å². The predicted octanol–water partition coefficient (Wildman–Crippen LogP) is 4.58. The zero-order valence-electron chi connectivity index (χ0n) is 14.2. The molecule has 0 spiro atoms. The van der Waals surface area contributed by atoms with Crippen molar-refractivity contribution in [2.75, 3.05) is 7.11 Å². The van der Waals surface area contributed by atoms with Crippen molar-refractivity contribution in [1.29, 1.82) is 0 Å². The Morgan fingerprint density at radius 1 is 1.00 bits per heavy atom. The fourth-order valence-corrected chi connectivity index (χ4v) is 6.69. The number of nitro benzene ring substituents is 2. The second-order valence-corrected chi connectivity index (χ2v) is 22.0. The van der Waals surface area contributed by atoms with Gasteiger partial charge in [-0.2, -0.15) is 0 Å². The normalized spacial score (nSPS) is 11.5. The molecule has 11 heteroatoms. The van der Waals surface area contributed by atoms with Crippen molar-refractivity contribution in [3.05, 3.63) is 56.6 Å². The monoisotopic (exact) mass is 486 g/mol. The minimum absolute atomic E-state index is 0.0788. The van der Waals surface area contributed by atoms with E-state index in [-0.39, 0.29) is 11.4 Å².